The van der Waals surface area contributed by atoms with Crippen molar-refractivity contribution in [3.8, 4) is 0 Å². The van der Waals surface area contributed by atoms with Crippen molar-refractivity contribution in [3.63, 3.8) is 0 Å². The summed E-state index contributed by atoms with van der Waals surface area (Å²) in [6.45, 7) is 9.30. The normalized spacial score (nSPS) is 12.8. The van der Waals surface area contributed by atoms with E-state index in [4.69, 9.17) is 4.74 Å². The van der Waals surface area contributed by atoms with Gasteiger partial charge in [0.2, 0.25) is 0 Å². The van der Waals surface area contributed by atoms with E-state index in [0.29, 0.717) is 12.8 Å². The molecule has 0 radical (unpaired) electrons. The molecule has 0 bridgehead atoms. The molecular formula is C15H23NO3S. The van der Waals surface area contributed by atoms with E-state index in [2.05, 4.69) is 5.32 Å². The van der Waals surface area contributed by atoms with E-state index in [0.717, 1.165) is 10.4 Å². The van der Waals surface area contributed by atoms with Gasteiger partial charge >= 0.3 is 6.09 Å². The summed E-state index contributed by atoms with van der Waals surface area (Å²) in [7, 11) is 0. The molecule has 1 rings (SSSR count). The number of carbonyl (C=O) groups excluding carboxylic acids is 2. The lowest BCUT2D eigenvalue weighted by Gasteiger charge is -2.22. The van der Waals surface area contributed by atoms with Crippen LogP contribution < -0.4 is 5.32 Å². The molecule has 0 aliphatic heterocycles. The van der Waals surface area contributed by atoms with Crippen molar-refractivity contribution in [3.05, 3.63) is 21.9 Å². The molecule has 0 saturated carbocycles. The van der Waals surface area contributed by atoms with Crippen LogP contribution in [0, 0.1) is 6.92 Å². The molecule has 1 aromatic heterocycles. The Bertz CT molecular complexity index is 474. The predicted molar refractivity (Wildman–Crippen MR) is 81.5 cm³/mol. The number of carbonyl (C=O) groups is 2. The van der Waals surface area contributed by atoms with Gasteiger partial charge in [0.1, 0.15) is 5.60 Å². The highest BCUT2D eigenvalue weighted by Crippen LogP contribution is 2.19. The molecule has 1 heterocycles. The van der Waals surface area contributed by atoms with Crippen molar-refractivity contribution in [2.45, 2.75) is 59.1 Å². The second kappa shape index (κ2) is 6.88. The molecule has 0 spiro atoms. The molecule has 0 aliphatic rings. The molecule has 1 unspecified atom stereocenters. The van der Waals surface area contributed by atoms with Gasteiger partial charge in [-0.1, -0.05) is 6.92 Å². The fourth-order valence-corrected chi connectivity index (χ4v) is 2.62. The molecule has 20 heavy (non-hydrogen) atoms. The van der Waals surface area contributed by atoms with E-state index in [-0.39, 0.29) is 11.8 Å². The Balaban J connectivity index is 2.58. The summed E-state index contributed by atoms with van der Waals surface area (Å²) in [5.41, 5.74) is 0.462. The third-order valence-corrected chi connectivity index (χ3v) is 3.82. The molecule has 1 amide bonds. The third-order valence-electron chi connectivity index (χ3n) is 2.76. The highest BCUT2D eigenvalue weighted by molar-refractivity contribution is 7.12. The number of hydrogen-bond donors (Lipinski definition) is 1. The zero-order valence-electron chi connectivity index (χ0n) is 12.8. The summed E-state index contributed by atoms with van der Waals surface area (Å²) in [4.78, 5) is 24.7. The second-order valence-electron chi connectivity index (χ2n) is 5.81. The number of nitrogens with one attached hydrogen (secondary N) is 1. The van der Waals surface area contributed by atoms with Gasteiger partial charge in [-0.15, -0.1) is 11.3 Å². The molecule has 1 N–H and O–H groups in total. The molecule has 0 aromatic carbocycles. The number of ketones is 1. The first-order chi connectivity index (χ1) is 9.23. The number of hydrogen-bond acceptors (Lipinski definition) is 4. The summed E-state index contributed by atoms with van der Waals surface area (Å²) in [6.07, 6.45) is 0.520. The lowest BCUT2D eigenvalue weighted by Crippen LogP contribution is -2.39. The van der Waals surface area contributed by atoms with Crippen molar-refractivity contribution in [1.82, 2.24) is 5.32 Å². The van der Waals surface area contributed by atoms with Gasteiger partial charge in [0.15, 0.2) is 5.78 Å². The number of Topliss-reactive ketones (excluding diaryl/α,β-unsaturated/α-hetero) is 1. The number of aryl methyl sites for hydroxylation is 1. The van der Waals surface area contributed by atoms with E-state index in [9.17, 15) is 9.59 Å². The minimum atomic E-state index is -0.531. The average molecular weight is 297 g/mol. The summed E-state index contributed by atoms with van der Waals surface area (Å²) in [5, 5.41) is 4.67. The van der Waals surface area contributed by atoms with Gasteiger partial charge in [-0.2, -0.15) is 0 Å². The van der Waals surface area contributed by atoms with Crippen LogP contribution in [-0.4, -0.2) is 23.5 Å². The zero-order valence-corrected chi connectivity index (χ0v) is 13.6. The van der Waals surface area contributed by atoms with Crippen molar-refractivity contribution in [2.75, 3.05) is 0 Å². The minimum Gasteiger partial charge on any atom is -0.444 e. The predicted octanol–water partition coefficient (Wildman–Crippen LogP) is 3.93. The first-order valence-electron chi connectivity index (χ1n) is 6.79. The Morgan fingerprint density at radius 3 is 2.50 bits per heavy atom. The Kier molecular flexibility index (Phi) is 5.74. The van der Waals surface area contributed by atoms with Crippen LogP contribution in [0.5, 0.6) is 0 Å². The van der Waals surface area contributed by atoms with E-state index < -0.39 is 11.7 Å². The maximum atomic E-state index is 12.2. The zero-order chi connectivity index (χ0) is 15.3. The minimum absolute atomic E-state index is 0.0698. The number of amides is 1. The van der Waals surface area contributed by atoms with Gasteiger partial charge < -0.3 is 10.1 Å². The number of rotatable bonds is 5. The van der Waals surface area contributed by atoms with Crippen LogP contribution in [0.1, 0.15) is 55.8 Å². The van der Waals surface area contributed by atoms with Crippen molar-refractivity contribution in [2.24, 2.45) is 0 Å². The van der Waals surface area contributed by atoms with Gasteiger partial charge in [-0.3, -0.25) is 4.79 Å². The Hall–Kier alpha value is -1.36. The maximum Gasteiger partial charge on any atom is 0.407 e. The molecule has 112 valence electrons. The van der Waals surface area contributed by atoms with Crippen LogP contribution in [0.25, 0.3) is 0 Å². The summed E-state index contributed by atoms with van der Waals surface area (Å²) >= 11 is 1.45. The van der Waals surface area contributed by atoms with Gasteiger partial charge in [0.25, 0.3) is 0 Å². The average Bonchev–Trinajstić information content (AvgIpc) is 2.72. The van der Waals surface area contributed by atoms with Crippen LogP contribution in [0.2, 0.25) is 0 Å². The van der Waals surface area contributed by atoms with E-state index in [1.807, 2.05) is 46.1 Å². The molecule has 5 heteroatoms. The second-order valence-corrected chi connectivity index (χ2v) is 6.73. The summed E-state index contributed by atoms with van der Waals surface area (Å²) in [6, 6.07) is 1.74. The van der Waals surface area contributed by atoms with Crippen LogP contribution in [-0.2, 0) is 4.74 Å². The summed E-state index contributed by atoms with van der Waals surface area (Å²) in [5.74, 6) is 0.0698. The molecule has 1 atom stereocenters. The largest absolute Gasteiger partial charge is 0.444 e. The van der Waals surface area contributed by atoms with E-state index in [1.165, 1.54) is 11.3 Å². The molecule has 0 fully saturated rings. The van der Waals surface area contributed by atoms with E-state index >= 15 is 0 Å². The van der Waals surface area contributed by atoms with Crippen LogP contribution in [0.15, 0.2) is 11.4 Å². The molecule has 0 aliphatic carbocycles. The Labute approximate surface area is 124 Å². The van der Waals surface area contributed by atoms with E-state index in [1.54, 1.807) is 0 Å². The smallest absolute Gasteiger partial charge is 0.407 e. The van der Waals surface area contributed by atoms with Crippen molar-refractivity contribution >= 4 is 23.2 Å². The fourth-order valence-electron chi connectivity index (χ4n) is 1.75. The monoisotopic (exact) mass is 297 g/mol. The van der Waals surface area contributed by atoms with Crippen LogP contribution >= 0.6 is 11.3 Å². The lowest BCUT2D eigenvalue weighted by atomic mass is 10.1. The van der Waals surface area contributed by atoms with Crippen molar-refractivity contribution < 1.29 is 14.3 Å². The highest BCUT2D eigenvalue weighted by atomic mass is 32.1. The number of alkyl carbamates (subject to hydrolysis) is 1. The highest BCUT2D eigenvalue weighted by Gasteiger charge is 2.21. The van der Waals surface area contributed by atoms with Crippen LogP contribution in [0.3, 0.4) is 0 Å². The van der Waals surface area contributed by atoms with Gasteiger partial charge in [0, 0.05) is 12.5 Å². The maximum absolute atomic E-state index is 12.2. The third kappa shape index (κ3) is 5.33. The van der Waals surface area contributed by atoms with Gasteiger partial charge in [0.05, 0.1) is 4.88 Å². The van der Waals surface area contributed by atoms with Gasteiger partial charge in [-0.05, 0) is 51.1 Å². The first kappa shape index (κ1) is 16.7. The standard InChI is InChI=1S/C15H23NO3S/c1-6-11(16-14(18)19-15(3,4)5)9-12(17)13-10(2)7-8-20-13/h7-8,11H,6,9H2,1-5H3,(H,16,18). The molecule has 0 saturated heterocycles. The van der Waals surface area contributed by atoms with Gasteiger partial charge in [-0.25, -0.2) is 4.79 Å². The number of ether oxygens (including phenoxy) is 1. The first-order valence-corrected chi connectivity index (χ1v) is 7.67. The number of thiophene rings is 1. The topological polar surface area (TPSA) is 55.4 Å². The molecule has 1 aromatic rings. The lowest BCUT2D eigenvalue weighted by molar-refractivity contribution is 0.0500. The Morgan fingerprint density at radius 2 is 2.05 bits per heavy atom. The SMILES string of the molecule is CCC(CC(=O)c1sccc1C)NC(=O)OC(C)(C)C. The van der Waals surface area contributed by atoms with Crippen molar-refractivity contribution in [1.29, 1.82) is 0 Å². The molecule has 4 nitrogen and oxygen atoms in total. The fraction of sp³-hybridized carbons (Fsp3) is 0.600. The quantitative estimate of drug-likeness (QED) is 0.838. The summed E-state index contributed by atoms with van der Waals surface area (Å²) < 4.78 is 5.21. The van der Waals surface area contributed by atoms with Crippen LogP contribution in [0.4, 0.5) is 4.79 Å². The molecular weight excluding hydrogens is 274 g/mol. The Morgan fingerprint density at radius 1 is 1.40 bits per heavy atom.